The summed E-state index contributed by atoms with van der Waals surface area (Å²) in [5, 5.41) is 55.7. The van der Waals surface area contributed by atoms with Crippen molar-refractivity contribution in [2.45, 2.75) is 115 Å². The zero-order valence-corrected chi connectivity index (χ0v) is 30.3. The number of nitrogens with one attached hydrogen (secondary N) is 4. The summed E-state index contributed by atoms with van der Waals surface area (Å²) >= 11 is 0. The predicted molar refractivity (Wildman–Crippen MR) is 189 cm³/mol. The first-order valence-corrected chi connectivity index (χ1v) is 18.1. The van der Waals surface area contributed by atoms with Crippen molar-refractivity contribution in [3.8, 4) is 6.07 Å². The van der Waals surface area contributed by atoms with E-state index in [0.717, 1.165) is 49.1 Å². The molecular weight excluding hydrogens is 634 g/mol. The lowest BCUT2D eigenvalue weighted by atomic mass is 9.57. The Morgan fingerprint density at radius 3 is 2.56 bits per heavy atom. The summed E-state index contributed by atoms with van der Waals surface area (Å²) in [6.45, 7) is 14.8. The molecule has 2 amide bonds. The highest BCUT2D eigenvalue weighted by molar-refractivity contribution is 5.94. The zero-order valence-electron chi connectivity index (χ0n) is 30.3. The lowest BCUT2D eigenvalue weighted by Gasteiger charge is -2.47. The molecule has 13 heteroatoms. The van der Waals surface area contributed by atoms with Crippen LogP contribution >= 0.6 is 0 Å². The van der Waals surface area contributed by atoms with Crippen LogP contribution < -0.4 is 16.0 Å². The smallest absolute Gasteiger partial charge is 0.251 e. The van der Waals surface area contributed by atoms with Gasteiger partial charge in [0.2, 0.25) is 5.91 Å². The van der Waals surface area contributed by atoms with Gasteiger partial charge in [-0.3, -0.25) is 9.59 Å². The Morgan fingerprint density at radius 1 is 1.14 bits per heavy atom. The van der Waals surface area contributed by atoms with E-state index in [2.05, 4.69) is 61.0 Å². The predicted octanol–water partition coefficient (Wildman–Crippen LogP) is 2.72. The van der Waals surface area contributed by atoms with Gasteiger partial charge in [-0.25, -0.2) is 0 Å². The van der Waals surface area contributed by atoms with E-state index < -0.39 is 16.6 Å². The van der Waals surface area contributed by atoms with Gasteiger partial charge in [0.05, 0.1) is 22.7 Å². The molecule has 2 aliphatic carbocycles. The molecule has 5 rings (SSSR count). The van der Waals surface area contributed by atoms with Gasteiger partial charge in [-0.2, -0.15) is 10.5 Å². The third-order valence-electron chi connectivity index (χ3n) is 10.8. The number of carbonyl (C=O) groups excluding carboxylic acids is 2. The average Bonchev–Trinajstić information content (AvgIpc) is 3.77. The molecule has 1 aromatic carbocycles. The summed E-state index contributed by atoms with van der Waals surface area (Å²) in [5.74, 6) is 0.368. The number of carbonyl (C=O) groups is 2. The lowest BCUT2D eigenvalue weighted by molar-refractivity contribution is -0.128. The van der Waals surface area contributed by atoms with E-state index in [9.17, 15) is 25.1 Å². The Morgan fingerprint density at radius 2 is 1.88 bits per heavy atom. The minimum atomic E-state index is -1.04. The molecule has 50 heavy (non-hydrogen) atoms. The van der Waals surface area contributed by atoms with Gasteiger partial charge in [0.15, 0.2) is 5.82 Å². The highest BCUT2D eigenvalue weighted by Gasteiger charge is 2.53. The summed E-state index contributed by atoms with van der Waals surface area (Å²) in [7, 11) is 0. The van der Waals surface area contributed by atoms with Gasteiger partial charge < -0.3 is 31.1 Å². The molecule has 2 aromatic rings. The monoisotopic (exact) mass is 689 g/mol. The maximum atomic E-state index is 13.4. The fraction of sp³-hybridized carbons (Fsp3) is 0.676. The molecule has 1 aromatic heterocycles. The van der Waals surface area contributed by atoms with Gasteiger partial charge in [-0.1, -0.05) is 17.9 Å². The Hall–Kier alpha value is -3.86. The van der Waals surface area contributed by atoms with E-state index in [1.54, 1.807) is 27.7 Å². The van der Waals surface area contributed by atoms with Crippen LogP contribution in [0.25, 0.3) is 0 Å². The number of amides is 2. The fourth-order valence-corrected chi connectivity index (χ4v) is 8.45. The number of likely N-dealkylation sites (tertiary alicyclic amines) is 1. The molecule has 1 saturated carbocycles. The second kappa shape index (κ2) is 15.2. The van der Waals surface area contributed by atoms with Crippen LogP contribution in [0.4, 0.5) is 0 Å². The van der Waals surface area contributed by atoms with Gasteiger partial charge in [0.1, 0.15) is 6.04 Å². The third-order valence-corrected chi connectivity index (χ3v) is 10.8. The minimum Gasteiger partial charge on any atom is -0.389 e. The third kappa shape index (κ3) is 8.53. The number of rotatable bonds is 13. The second-order valence-corrected chi connectivity index (χ2v) is 16.1. The molecule has 13 nitrogen and oxygen atoms in total. The second-order valence-electron chi connectivity index (χ2n) is 16.1. The molecular formula is C37H55N9O4. The SMILES string of the molecule is C=C(CN[C@H](C)C[C@]1(c2nn[nH]n2)c2ccc(C(=O)NCC(C)(C)O)cc2CC[C@H]2CC(C(=O)NCC(C)(C)O)CCC21)N1CCCC1C#N. The summed E-state index contributed by atoms with van der Waals surface area (Å²) in [6.07, 6.45) is 6.14. The maximum Gasteiger partial charge on any atom is 0.251 e. The van der Waals surface area contributed by atoms with Crippen molar-refractivity contribution < 1.29 is 19.8 Å². The molecule has 3 unspecified atom stereocenters. The van der Waals surface area contributed by atoms with Crippen molar-refractivity contribution in [1.29, 1.82) is 5.26 Å². The van der Waals surface area contributed by atoms with Crippen molar-refractivity contribution in [2.75, 3.05) is 26.2 Å². The molecule has 2 heterocycles. The number of benzene rings is 1. The number of aryl methyl sites for hydroxylation is 1. The standard InChI is InChI=1S/C37H55N9O4/c1-23(39-20-24(2)46-15-7-8-29(46)19-38)18-37(34-42-44-45-43-34)30-13-11-27(32(47)40-21-35(3,4)49)16-25(30)9-10-26-17-28(12-14-31(26)37)33(48)41-22-36(5,6)50/h11,13,16,23,26,28-29,31,39,49-50H,2,7-10,12,14-15,17-18,20-22H2,1,3-6H3,(H,40,47)(H,41,48)(H,42,43,44,45)/t23-,26+,28?,29?,31?,37+/m1/s1. The van der Waals surface area contributed by atoms with Crippen LogP contribution in [0.15, 0.2) is 30.5 Å². The Labute approximate surface area is 295 Å². The highest BCUT2D eigenvalue weighted by Crippen LogP contribution is 2.55. The molecule has 1 aliphatic heterocycles. The first kappa shape index (κ1) is 37.4. The number of aromatic amines is 1. The minimum absolute atomic E-state index is 0.0254. The topological polar surface area (TPSA) is 192 Å². The number of aliphatic hydroxyl groups is 2. The van der Waals surface area contributed by atoms with Crippen LogP contribution in [0.3, 0.4) is 0 Å². The number of hydrogen-bond acceptors (Lipinski definition) is 10. The van der Waals surface area contributed by atoms with E-state index in [4.69, 9.17) is 0 Å². The largest absolute Gasteiger partial charge is 0.389 e. The van der Waals surface area contributed by atoms with Crippen LogP contribution in [0.1, 0.15) is 107 Å². The molecule has 1 saturated heterocycles. The summed E-state index contributed by atoms with van der Waals surface area (Å²) < 4.78 is 0. The fourth-order valence-electron chi connectivity index (χ4n) is 8.45. The van der Waals surface area contributed by atoms with Crippen molar-refractivity contribution in [2.24, 2.45) is 17.8 Å². The number of fused-ring (bicyclic) bond motifs is 2. The number of hydrogen-bond donors (Lipinski definition) is 6. The number of nitriles is 1. The van der Waals surface area contributed by atoms with E-state index in [-0.39, 0.29) is 54.7 Å². The van der Waals surface area contributed by atoms with E-state index >= 15 is 0 Å². The molecule has 6 atom stereocenters. The van der Waals surface area contributed by atoms with Gasteiger partial charge in [-0.15, -0.1) is 10.2 Å². The number of nitrogens with zero attached hydrogens (tertiary/aromatic N) is 5. The van der Waals surface area contributed by atoms with Gasteiger partial charge in [0, 0.05) is 49.4 Å². The zero-order chi connectivity index (χ0) is 36.3. The Balaban J connectivity index is 1.49. The maximum absolute atomic E-state index is 13.4. The van der Waals surface area contributed by atoms with E-state index in [0.29, 0.717) is 43.6 Å². The average molecular weight is 690 g/mol. The van der Waals surface area contributed by atoms with Crippen LogP contribution in [0.2, 0.25) is 0 Å². The normalized spacial score (nSPS) is 25.8. The van der Waals surface area contributed by atoms with Crippen LogP contribution in [-0.4, -0.2) is 97.0 Å². The lowest BCUT2D eigenvalue weighted by Crippen LogP contribution is -2.49. The first-order chi connectivity index (χ1) is 23.6. The highest BCUT2D eigenvalue weighted by atomic mass is 16.3. The molecule has 6 N–H and O–H groups in total. The number of aromatic nitrogens is 4. The molecule has 0 spiro atoms. The van der Waals surface area contributed by atoms with Crippen molar-refractivity contribution in [3.63, 3.8) is 0 Å². The molecule has 0 radical (unpaired) electrons. The molecule has 2 fully saturated rings. The summed E-state index contributed by atoms with van der Waals surface area (Å²) in [6, 6.07) is 8.08. The first-order valence-electron chi connectivity index (χ1n) is 18.1. The Bertz CT molecular complexity index is 1560. The van der Waals surface area contributed by atoms with Crippen molar-refractivity contribution in [3.05, 3.63) is 53.0 Å². The molecule has 3 aliphatic rings. The summed E-state index contributed by atoms with van der Waals surface area (Å²) in [4.78, 5) is 28.7. The van der Waals surface area contributed by atoms with E-state index in [1.165, 1.54) is 0 Å². The van der Waals surface area contributed by atoms with Gasteiger partial charge in [0.25, 0.3) is 5.91 Å². The van der Waals surface area contributed by atoms with Crippen LogP contribution in [-0.2, 0) is 16.6 Å². The van der Waals surface area contributed by atoms with Crippen LogP contribution in [0, 0.1) is 29.1 Å². The molecule has 0 bridgehead atoms. The van der Waals surface area contributed by atoms with Crippen LogP contribution in [0.5, 0.6) is 0 Å². The van der Waals surface area contributed by atoms with Crippen molar-refractivity contribution >= 4 is 11.8 Å². The number of H-pyrrole nitrogens is 1. The summed E-state index contributed by atoms with van der Waals surface area (Å²) in [5.41, 5.74) is 0.786. The Kier molecular flexibility index (Phi) is 11.3. The quantitative estimate of drug-likeness (QED) is 0.182. The molecule has 272 valence electrons. The van der Waals surface area contributed by atoms with Gasteiger partial charge in [-0.05, 0) is 121 Å². The van der Waals surface area contributed by atoms with E-state index in [1.807, 2.05) is 18.2 Å². The van der Waals surface area contributed by atoms with Crippen molar-refractivity contribution in [1.82, 2.24) is 41.5 Å². The van der Waals surface area contributed by atoms with Gasteiger partial charge >= 0.3 is 0 Å². The number of tetrazole rings is 1.